The normalized spacial score (nSPS) is 19.3. The number of aromatic nitrogens is 2. The summed E-state index contributed by atoms with van der Waals surface area (Å²) in [7, 11) is 0. The molecule has 2 heterocycles. The van der Waals surface area contributed by atoms with Crippen molar-refractivity contribution >= 4 is 43.6 Å². The van der Waals surface area contributed by atoms with Gasteiger partial charge in [-0.15, -0.1) is 0 Å². The molecule has 4 aromatic rings. The maximum absolute atomic E-state index is 13.3. The molecule has 1 aliphatic carbocycles. The topological polar surface area (TPSA) is 83.8 Å². The molecule has 152 valence electrons. The van der Waals surface area contributed by atoms with Crippen LogP contribution in [0.3, 0.4) is 0 Å². The predicted molar refractivity (Wildman–Crippen MR) is 124 cm³/mol. The molecule has 6 heteroatoms. The Bertz CT molecular complexity index is 1250. The lowest BCUT2D eigenvalue weighted by Gasteiger charge is -2.29. The van der Waals surface area contributed by atoms with E-state index in [0.29, 0.717) is 5.56 Å². The number of rotatable bonds is 3. The molecule has 2 atom stereocenters. The van der Waals surface area contributed by atoms with Crippen LogP contribution in [-0.4, -0.2) is 28.0 Å². The van der Waals surface area contributed by atoms with Gasteiger partial charge in [-0.25, -0.2) is 4.98 Å². The van der Waals surface area contributed by atoms with E-state index >= 15 is 0 Å². The number of hydrogen-bond donors (Lipinski definition) is 3. The van der Waals surface area contributed by atoms with Crippen molar-refractivity contribution in [2.75, 3.05) is 0 Å². The maximum atomic E-state index is 13.3. The second-order valence-corrected chi connectivity index (χ2v) is 8.91. The Kier molecular flexibility index (Phi) is 5.05. The van der Waals surface area contributed by atoms with Crippen molar-refractivity contribution in [3.63, 3.8) is 0 Å². The maximum Gasteiger partial charge on any atom is 0.252 e. The van der Waals surface area contributed by atoms with Crippen molar-refractivity contribution in [3.8, 4) is 11.3 Å². The number of hydrogen-bond acceptors (Lipinski definition) is 3. The summed E-state index contributed by atoms with van der Waals surface area (Å²) in [5.41, 5.74) is 10.5. The fourth-order valence-corrected chi connectivity index (χ4v) is 4.75. The Morgan fingerprint density at radius 3 is 2.80 bits per heavy atom. The van der Waals surface area contributed by atoms with E-state index in [0.717, 1.165) is 63.2 Å². The lowest BCUT2D eigenvalue weighted by atomic mass is 9.90. The second kappa shape index (κ2) is 7.85. The molecule has 0 aliphatic heterocycles. The highest BCUT2D eigenvalue weighted by Crippen LogP contribution is 2.32. The van der Waals surface area contributed by atoms with Crippen molar-refractivity contribution in [1.29, 1.82) is 0 Å². The Labute approximate surface area is 183 Å². The molecule has 0 saturated heterocycles. The zero-order valence-electron chi connectivity index (χ0n) is 16.5. The van der Waals surface area contributed by atoms with Gasteiger partial charge in [0.15, 0.2) is 0 Å². The van der Waals surface area contributed by atoms with E-state index in [2.05, 4.69) is 32.3 Å². The summed E-state index contributed by atoms with van der Waals surface area (Å²) < 4.78 is 1.00. The fraction of sp³-hybridized carbons (Fsp3) is 0.250. The molecule has 1 saturated carbocycles. The Balaban J connectivity index is 1.61. The fourth-order valence-electron chi connectivity index (χ4n) is 4.39. The first kappa shape index (κ1) is 19.3. The number of carbonyl (C=O) groups is 1. The number of aromatic amines is 1. The molecule has 2 aromatic carbocycles. The number of amides is 1. The summed E-state index contributed by atoms with van der Waals surface area (Å²) >= 11 is 3.55. The summed E-state index contributed by atoms with van der Waals surface area (Å²) in [4.78, 5) is 21.5. The molecular weight excluding hydrogens is 440 g/mol. The van der Waals surface area contributed by atoms with Crippen molar-refractivity contribution in [2.24, 2.45) is 5.73 Å². The summed E-state index contributed by atoms with van der Waals surface area (Å²) in [5.74, 6) is -0.0850. The molecule has 2 unspecified atom stereocenters. The number of carbonyl (C=O) groups excluding carboxylic acids is 1. The summed E-state index contributed by atoms with van der Waals surface area (Å²) in [6.07, 6.45) is 6.07. The van der Waals surface area contributed by atoms with Crippen molar-refractivity contribution in [1.82, 2.24) is 15.3 Å². The van der Waals surface area contributed by atoms with Gasteiger partial charge >= 0.3 is 0 Å². The summed E-state index contributed by atoms with van der Waals surface area (Å²) in [5, 5.41) is 5.10. The van der Waals surface area contributed by atoms with E-state index in [1.165, 1.54) is 0 Å². The molecule has 1 aliphatic rings. The van der Waals surface area contributed by atoms with Crippen LogP contribution in [-0.2, 0) is 0 Å². The minimum atomic E-state index is -0.0850. The van der Waals surface area contributed by atoms with Crippen molar-refractivity contribution in [2.45, 2.75) is 37.8 Å². The van der Waals surface area contributed by atoms with E-state index < -0.39 is 0 Å². The summed E-state index contributed by atoms with van der Waals surface area (Å²) in [6.45, 7) is 0. The summed E-state index contributed by atoms with van der Waals surface area (Å²) in [6, 6.07) is 15.8. The van der Waals surface area contributed by atoms with Crippen LogP contribution in [0.15, 0.2) is 59.2 Å². The molecule has 0 spiro atoms. The van der Waals surface area contributed by atoms with Gasteiger partial charge < -0.3 is 16.0 Å². The molecule has 0 bridgehead atoms. The number of nitrogens with one attached hydrogen (secondary N) is 2. The molecule has 1 amide bonds. The largest absolute Gasteiger partial charge is 0.360 e. The number of H-pyrrole nitrogens is 1. The van der Waals surface area contributed by atoms with E-state index in [4.69, 9.17) is 10.7 Å². The highest BCUT2D eigenvalue weighted by atomic mass is 79.9. The van der Waals surface area contributed by atoms with Gasteiger partial charge in [0.1, 0.15) is 0 Å². The first-order chi connectivity index (χ1) is 14.6. The highest BCUT2D eigenvalue weighted by Gasteiger charge is 2.25. The number of nitrogens with two attached hydrogens (primary N) is 1. The van der Waals surface area contributed by atoms with E-state index in [1.807, 2.05) is 48.7 Å². The van der Waals surface area contributed by atoms with E-state index in [-0.39, 0.29) is 18.0 Å². The minimum absolute atomic E-state index is 0.0150. The third-order valence-corrected chi connectivity index (χ3v) is 6.51. The van der Waals surface area contributed by atoms with Crippen molar-refractivity contribution in [3.05, 3.63) is 64.8 Å². The van der Waals surface area contributed by atoms with Crippen LogP contribution >= 0.6 is 15.9 Å². The van der Waals surface area contributed by atoms with Crippen LogP contribution in [0.4, 0.5) is 0 Å². The minimum Gasteiger partial charge on any atom is -0.360 e. The second-order valence-electron chi connectivity index (χ2n) is 7.99. The molecule has 5 nitrogen and oxygen atoms in total. The van der Waals surface area contributed by atoms with Crippen LogP contribution < -0.4 is 11.1 Å². The average Bonchev–Trinajstić information content (AvgIpc) is 3.17. The van der Waals surface area contributed by atoms with Crippen LogP contribution in [0, 0.1) is 0 Å². The number of halogens is 1. The third-order valence-electron chi connectivity index (χ3n) is 6.02. The molecule has 2 aromatic heterocycles. The van der Waals surface area contributed by atoms with E-state index in [1.54, 1.807) is 0 Å². The van der Waals surface area contributed by atoms with E-state index in [9.17, 15) is 4.79 Å². The number of pyridine rings is 1. The van der Waals surface area contributed by atoms with Gasteiger partial charge in [-0.05, 0) is 43.2 Å². The van der Waals surface area contributed by atoms with Crippen LogP contribution in [0.2, 0.25) is 0 Å². The third kappa shape index (κ3) is 3.50. The van der Waals surface area contributed by atoms with Gasteiger partial charge in [-0.3, -0.25) is 4.79 Å². The lowest BCUT2D eigenvalue weighted by molar-refractivity contribution is 0.0923. The molecule has 1 fully saturated rings. The molecule has 30 heavy (non-hydrogen) atoms. The quantitative estimate of drug-likeness (QED) is 0.393. The SMILES string of the molecule is NC1CCCCC1NC(=O)c1cc(-c2c[nH]c3ccc(Br)cc23)nc2ccccc12. The lowest BCUT2D eigenvalue weighted by Crippen LogP contribution is -2.49. The van der Waals surface area contributed by atoms with Gasteiger partial charge in [0.05, 0.1) is 16.8 Å². The van der Waals surface area contributed by atoms with Crippen LogP contribution in [0.1, 0.15) is 36.0 Å². The predicted octanol–water partition coefficient (Wildman–Crippen LogP) is 5.15. The molecule has 5 rings (SSSR count). The number of nitrogens with zero attached hydrogens (tertiary/aromatic N) is 1. The molecular formula is C24H23BrN4O. The van der Waals surface area contributed by atoms with Gasteiger partial charge in [0, 0.05) is 44.6 Å². The standard InChI is InChI=1S/C24H23BrN4O/c25-14-9-10-20-16(11-14)18(13-27-20)23-12-17(15-5-1-3-7-21(15)28-23)24(30)29-22-8-4-2-6-19(22)26/h1,3,5,7,9-13,19,22,27H,2,4,6,8,26H2,(H,29,30). The van der Waals surface area contributed by atoms with Gasteiger partial charge in [0.2, 0.25) is 0 Å². The zero-order valence-corrected chi connectivity index (χ0v) is 18.1. The first-order valence-corrected chi connectivity index (χ1v) is 11.1. The number of fused-ring (bicyclic) bond motifs is 2. The Hall–Kier alpha value is -2.70. The molecule has 0 radical (unpaired) electrons. The van der Waals surface area contributed by atoms with Crippen molar-refractivity contribution < 1.29 is 4.79 Å². The van der Waals surface area contributed by atoms with Crippen LogP contribution in [0.5, 0.6) is 0 Å². The molecule has 4 N–H and O–H groups in total. The highest BCUT2D eigenvalue weighted by molar-refractivity contribution is 9.10. The van der Waals surface area contributed by atoms with Gasteiger partial charge in [-0.2, -0.15) is 0 Å². The number of para-hydroxylation sites is 1. The monoisotopic (exact) mass is 462 g/mol. The first-order valence-electron chi connectivity index (χ1n) is 10.3. The van der Waals surface area contributed by atoms with Gasteiger partial charge in [0.25, 0.3) is 5.91 Å². The smallest absolute Gasteiger partial charge is 0.252 e. The average molecular weight is 463 g/mol. The number of benzene rings is 2. The van der Waals surface area contributed by atoms with Gasteiger partial charge in [-0.1, -0.05) is 47.0 Å². The Morgan fingerprint density at radius 1 is 1.10 bits per heavy atom. The zero-order chi connectivity index (χ0) is 20.7. The van der Waals surface area contributed by atoms with Crippen LogP contribution in [0.25, 0.3) is 33.1 Å². The Morgan fingerprint density at radius 2 is 1.93 bits per heavy atom.